The highest BCUT2D eigenvalue weighted by Gasteiger charge is 2.15. The van der Waals surface area contributed by atoms with Crippen molar-refractivity contribution >= 4 is 5.69 Å². The SMILES string of the molecule is CCCC(C)COc1cc2c(cc1N)OCCO2. The van der Waals surface area contributed by atoms with Gasteiger partial charge >= 0.3 is 0 Å². The van der Waals surface area contributed by atoms with Crippen LogP contribution in [0.4, 0.5) is 5.69 Å². The molecule has 0 fully saturated rings. The summed E-state index contributed by atoms with van der Waals surface area (Å²) in [6.45, 7) is 6.17. The molecule has 4 heteroatoms. The fourth-order valence-electron chi connectivity index (χ4n) is 2.02. The van der Waals surface area contributed by atoms with Gasteiger partial charge in [0.05, 0.1) is 12.3 Å². The van der Waals surface area contributed by atoms with Crippen LogP contribution in [0.2, 0.25) is 0 Å². The lowest BCUT2D eigenvalue weighted by molar-refractivity contribution is 0.170. The van der Waals surface area contributed by atoms with Crippen LogP contribution < -0.4 is 19.9 Å². The molecule has 0 aliphatic carbocycles. The van der Waals surface area contributed by atoms with Crippen LogP contribution in [0.25, 0.3) is 0 Å². The van der Waals surface area contributed by atoms with Crippen LogP contribution in [0.1, 0.15) is 26.7 Å². The summed E-state index contributed by atoms with van der Waals surface area (Å²) < 4.78 is 16.7. The minimum Gasteiger partial charge on any atom is -0.491 e. The van der Waals surface area contributed by atoms with Crippen molar-refractivity contribution in [2.45, 2.75) is 26.7 Å². The number of nitrogen functional groups attached to an aromatic ring is 1. The molecule has 0 saturated heterocycles. The fraction of sp³-hybridized carbons (Fsp3) is 0.571. The molecule has 1 unspecified atom stereocenters. The number of hydrogen-bond donors (Lipinski definition) is 1. The Morgan fingerprint density at radius 2 is 1.94 bits per heavy atom. The quantitative estimate of drug-likeness (QED) is 0.818. The summed E-state index contributed by atoms with van der Waals surface area (Å²) in [4.78, 5) is 0. The second kappa shape index (κ2) is 5.85. The van der Waals surface area contributed by atoms with E-state index < -0.39 is 0 Å². The topological polar surface area (TPSA) is 53.7 Å². The van der Waals surface area contributed by atoms with Gasteiger partial charge < -0.3 is 19.9 Å². The Balaban J connectivity index is 2.04. The number of benzene rings is 1. The van der Waals surface area contributed by atoms with E-state index in [1.165, 1.54) is 6.42 Å². The van der Waals surface area contributed by atoms with E-state index in [9.17, 15) is 0 Å². The van der Waals surface area contributed by atoms with E-state index in [1.54, 1.807) is 6.07 Å². The molecular weight excluding hydrogens is 230 g/mol. The molecule has 1 heterocycles. The lowest BCUT2D eigenvalue weighted by atomic mass is 10.1. The van der Waals surface area contributed by atoms with E-state index >= 15 is 0 Å². The molecule has 1 aliphatic heterocycles. The first kappa shape index (κ1) is 12.9. The van der Waals surface area contributed by atoms with Crippen molar-refractivity contribution < 1.29 is 14.2 Å². The number of fused-ring (bicyclic) bond motifs is 1. The van der Waals surface area contributed by atoms with E-state index in [4.69, 9.17) is 19.9 Å². The van der Waals surface area contributed by atoms with Crippen molar-refractivity contribution in [2.75, 3.05) is 25.6 Å². The molecule has 1 aromatic rings. The lowest BCUT2D eigenvalue weighted by Crippen LogP contribution is -2.16. The van der Waals surface area contributed by atoms with Crippen molar-refractivity contribution in [3.05, 3.63) is 12.1 Å². The number of ether oxygens (including phenoxy) is 3. The van der Waals surface area contributed by atoms with Gasteiger partial charge in [-0.05, 0) is 12.3 Å². The standard InChI is InChI=1S/C14H21NO3/c1-3-4-10(2)9-18-12-8-14-13(7-11(12)15)16-5-6-17-14/h7-8,10H,3-6,9,15H2,1-2H3. The maximum atomic E-state index is 5.94. The van der Waals surface area contributed by atoms with Gasteiger partial charge in [-0.3, -0.25) is 0 Å². The van der Waals surface area contributed by atoms with E-state index in [1.807, 2.05) is 6.07 Å². The number of rotatable bonds is 5. The Hall–Kier alpha value is -1.58. The number of hydrogen-bond acceptors (Lipinski definition) is 4. The summed E-state index contributed by atoms with van der Waals surface area (Å²) in [5, 5.41) is 0. The summed E-state index contributed by atoms with van der Waals surface area (Å²) in [6, 6.07) is 3.59. The molecule has 0 saturated carbocycles. The van der Waals surface area contributed by atoms with Crippen LogP contribution in [-0.2, 0) is 0 Å². The average Bonchev–Trinajstić information content (AvgIpc) is 2.36. The molecule has 2 rings (SSSR count). The normalized spacial score (nSPS) is 15.2. The summed E-state index contributed by atoms with van der Waals surface area (Å²) in [6.07, 6.45) is 2.33. The molecule has 1 aromatic carbocycles. The van der Waals surface area contributed by atoms with Gasteiger partial charge in [0.25, 0.3) is 0 Å². The number of nitrogens with two attached hydrogens (primary N) is 1. The van der Waals surface area contributed by atoms with E-state index in [2.05, 4.69) is 13.8 Å². The van der Waals surface area contributed by atoms with Crippen molar-refractivity contribution in [1.82, 2.24) is 0 Å². The minimum atomic E-state index is 0.530. The highest BCUT2D eigenvalue weighted by atomic mass is 16.6. The zero-order valence-corrected chi connectivity index (χ0v) is 11.1. The molecule has 0 bridgehead atoms. The van der Waals surface area contributed by atoms with Crippen LogP contribution in [0, 0.1) is 5.92 Å². The van der Waals surface area contributed by atoms with Gasteiger partial charge in [0.1, 0.15) is 19.0 Å². The molecule has 0 radical (unpaired) electrons. The van der Waals surface area contributed by atoms with Crippen molar-refractivity contribution in [3.8, 4) is 17.2 Å². The van der Waals surface area contributed by atoms with Crippen molar-refractivity contribution in [1.29, 1.82) is 0 Å². The third-order valence-electron chi connectivity index (χ3n) is 2.98. The summed E-state index contributed by atoms with van der Waals surface area (Å²) in [5.41, 5.74) is 6.54. The maximum Gasteiger partial charge on any atom is 0.165 e. The molecule has 18 heavy (non-hydrogen) atoms. The van der Waals surface area contributed by atoms with Gasteiger partial charge in [-0.15, -0.1) is 0 Å². The summed E-state index contributed by atoms with van der Waals surface area (Å²) in [5.74, 6) is 2.63. The third-order valence-corrected chi connectivity index (χ3v) is 2.98. The first-order valence-electron chi connectivity index (χ1n) is 6.52. The number of anilines is 1. The predicted octanol–water partition coefficient (Wildman–Crippen LogP) is 2.86. The molecule has 2 N–H and O–H groups in total. The first-order chi connectivity index (χ1) is 8.70. The molecule has 1 atom stereocenters. The first-order valence-corrected chi connectivity index (χ1v) is 6.52. The van der Waals surface area contributed by atoms with Crippen LogP contribution in [0.5, 0.6) is 17.2 Å². The Bertz CT molecular complexity index is 406. The summed E-state index contributed by atoms with van der Waals surface area (Å²) >= 11 is 0. The Kier molecular flexibility index (Phi) is 4.18. The highest BCUT2D eigenvalue weighted by molar-refractivity contribution is 5.62. The zero-order valence-electron chi connectivity index (χ0n) is 11.1. The van der Waals surface area contributed by atoms with Crippen LogP contribution in [0.15, 0.2) is 12.1 Å². The lowest BCUT2D eigenvalue weighted by Gasteiger charge is -2.21. The van der Waals surface area contributed by atoms with Crippen molar-refractivity contribution in [2.24, 2.45) is 5.92 Å². The van der Waals surface area contributed by atoms with Crippen molar-refractivity contribution in [3.63, 3.8) is 0 Å². The summed E-state index contributed by atoms with van der Waals surface area (Å²) in [7, 11) is 0. The highest BCUT2D eigenvalue weighted by Crippen LogP contribution is 2.38. The maximum absolute atomic E-state index is 5.94. The minimum absolute atomic E-state index is 0.530. The van der Waals surface area contributed by atoms with Gasteiger partial charge in [-0.25, -0.2) is 0 Å². The Morgan fingerprint density at radius 3 is 2.61 bits per heavy atom. The van der Waals surface area contributed by atoms with E-state index in [0.29, 0.717) is 48.7 Å². The monoisotopic (exact) mass is 251 g/mol. The van der Waals surface area contributed by atoms with Crippen LogP contribution in [-0.4, -0.2) is 19.8 Å². The smallest absolute Gasteiger partial charge is 0.165 e. The Morgan fingerprint density at radius 1 is 1.28 bits per heavy atom. The van der Waals surface area contributed by atoms with Gasteiger partial charge in [0, 0.05) is 12.1 Å². The van der Waals surface area contributed by atoms with Crippen LogP contribution >= 0.6 is 0 Å². The molecule has 1 aliphatic rings. The second-order valence-corrected chi connectivity index (χ2v) is 4.74. The zero-order chi connectivity index (χ0) is 13.0. The van der Waals surface area contributed by atoms with E-state index in [0.717, 1.165) is 6.42 Å². The predicted molar refractivity (Wildman–Crippen MR) is 71.4 cm³/mol. The molecule has 0 aromatic heterocycles. The molecule has 0 amide bonds. The molecule has 0 spiro atoms. The third kappa shape index (κ3) is 3.00. The molecular formula is C14H21NO3. The second-order valence-electron chi connectivity index (χ2n) is 4.74. The average molecular weight is 251 g/mol. The fourth-order valence-corrected chi connectivity index (χ4v) is 2.02. The molecule has 4 nitrogen and oxygen atoms in total. The van der Waals surface area contributed by atoms with E-state index in [-0.39, 0.29) is 0 Å². The van der Waals surface area contributed by atoms with Gasteiger partial charge in [0.2, 0.25) is 0 Å². The largest absolute Gasteiger partial charge is 0.491 e. The van der Waals surface area contributed by atoms with Crippen LogP contribution in [0.3, 0.4) is 0 Å². The Labute approximate surface area is 108 Å². The van der Waals surface area contributed by atoms with Gasteiger partial charge in [-0.1, -0.05) is 20.3 Å². The van der Waals surface area contributed by atoms with Gasteiger partial charge in [-0.2, -0.15) is 0 Å². The van der Waals surface area contributed by atoms with Gasteiger partial charge in [0.15, 0.2) is 11.5 Å². The molecule has 100 valence electrons.